The van der Waals surface area contributed by atoms with E-state index in [0.29, 0.717) is 0 Å². The zero-order valence-electron chi connectivity index (χ0n) is 17.9. The molecule has 0 aromatic heterocycles. The lowest BCUT2D eigenvalue weighted by Gasteiger charge is -2.39. The molecule has 143 valence electrons. The molecule has 0 atom stereocenters. The Balaban J connectivity index is 1.97. The molecule has 2 saturated carbocycles. The molecule has 0 bridgehead atoms. The Morgan fingerprint density at radius 1 is 0.600 bits per heavy atom. The van der Waals surface area contributed by atoms with Crippen molar-refractivity contribution >= 4 is 8.24 Å². The summed E-state index contributed by atoms with van der Waals surface area (Å²) >= 11 is 0. The molecule has 2 fully saturated rings. The molecule has 0 spiro atoms. The monoisotopic (exact) mass is 360 g/mol. The molecule has 0 heterocycles. The van der Waals surface area contributed by atoms with E-state index in [-0.39, 0.29) is 0 Å². The van der Waals surface area contributed by atoms with Gasteiger partial charge in [-0.1, -0.05) is 98.6 Å². The van der Waals surface area contributed by atoms with Gasteiger partial charge in [0.2, 0.25) is 0 Å². The van der Waals surface area contributed by atoms with Crippen molar-refractivity contribution in [2.24, 2.45) is 0 Å². The zero-order valence-corrected chi connectivity index (χ0v) is 18.9. The highest BCUT2D eigenvalue weighted by molar-refractivity contribution is 6.82. The second kappa shape index (κ2) is 9.92. The van der Waals surface area contributed by atoms with Gasteiger partial charge in [0.05, 0.1) is 0 Å². The minimum Gasteiger partial charge on any atom is -0.334 e. The second-order valence-corrected chi connectivity index (χ2v) is 13.1. The van der Waals surface area contributed by atoms with Gasteiger partial charge in [-0.15, -0.1) is 0 Å². The first-order valence-corrected chi connectivity index (χ1v) is 13.9. The third-order valence-corrected chi connectivity index (χ3v) is 9.86. The van der Waals surface area contributed by atoms with Crippen molar-refractivity contribution in [2.75, 3.05) is 0 Å². The van der Waals surface area contributed by atoms with Gasteiger partial charge in [0.25, 0.3) is 0 Å². The largest absolute Gasteiger partial charge is 0.334 e. The summed E-state index contributed by atoms with van der Waals surface area (Å²) in [6.07, 6.45) is 15.8. The Hall–Kier alpha value is 0.177. The molecule has 0 aromatic rings. The minimum atomic E-state index is -1.61. The maximum atomic E-state index is 4.22. The van der Waals surface area contributed by atoms with Crippen LogP contribution in [0.25, 0.3) is 0 Å². The summed E-state index contributed by atoms with van der Waals surface area (Å²) in [7, 11) is -1.61. The SMILES string of the molecule is C[C]1[C](C)[C](C)[C]([Si](C)(C)NC2CCCCCCCCCCC2)[C]1C. The second-order valence-electron chi connectivity index (χ2n) is 9.10. The van der Waals surface area contributed by atoms with Gasteiger partial charge in [-0.05, 0) is 42.1 Å². The molecule has 0 amide bonds. The highest BCUT2D eigenvalue weighted by Crippen LogP contribution is 2.55. The van der Waals surface area contributed by atoms with Gasteiger partial charge >= 0.3 is 0 Å². The molecule has 0 saturated heterocycles. The van der Waals surface area contributed by atoms with Crippen LogP contribution in [-0.2, 0) is 0 Å². The average molecular weight is 361 g/mol. The van der Waals surface area contributed by atoms with Crippen LogP contribution in [0.4, 0.5) is 0 Å². The van der Waals surface area contributed by atoms with E-state index in [1.54, 1.807) is 17.4 Å². The van der Waals surface area contributed by atoms with Gasteiger partial charge in [0.1, 0.15) is 8.24 Å². The quantitative estimate of drug-likeness (QED) is 0.536. The molecule has 5 radical (unpaired) electrons. The molecule has 2 heteroatoms. The first kappa shape index (κ1) is 21.5. The summed E-state index contributed by atoms with van der Waals surface area (Å²) in [5.74, 6) is 6.17. The maximum absolute atomic E-state index is 4.22. The maximum Gasteiger partial charge on any atom is 0.127 e. The van der Waals surface area contributed by atoms with Crippen LogP contribution in [0.15, 0.2) is 0 Å². The first-order chi connectivity index (χ1) is 11.8. The topological polar surface area (TPSA) is 12.0 Å². The van der Waals surface area contributed by atoms with Gasteiger partial charge in [-0.25, -0.2) is 0 Å². The van der Waals surface area contributed by atoms with Crippen LogP contribution in [0, 0.1) is 29.2 Å². The molecule has 1 N–H and O–H groups in total. The van der Waals surface area contributed by atoms with Crippen molar-refractivity contribution in [1.82, 2.24) is 4.98 Å². The number of hydrogen-bond acceptors (Lipinski definition) is 1. The van der Waals surface area contributed by atoms with Gasteiger partial charge in [0, 0.05) is 6.04 Å². The number of hydrogen-bond donors (Lipinski definition) is 1. The van der Waals surface area contributed by atoms with Crippen LogP contribution in [0.1, 0.15) is 98.3 Å². The van der Waals surface area contributed by atoms with Crippen molar-refractivity contribution in [3.8, 4) is 0 Å². The summed E-state index contributed by atoms with van der Waals surface area (Å²) in [5, 5.41) is 0. The lowest BCUT2D eigenvalue weighted by molar-refractivity contribution is 0.443. The third-order valence-electron chi connectivity index (χ3n) is 6.73. The van der Waals surface area contributed by atoms with Crippen molar-refractivity contribution in [3.63, 3.8) is 0 Å². The van der Waals surface area contributed by atoms with Gasteiger partial charge in [-0.3, -0.25) is 0 Å². The Labute approximate surface area is 160 Å². The molecule has 2 rings (SSSR count). The Morgan fingerprint density at radius 2 is 0.960 bits per heavy atom. The summed E-state index contributed by atoms with van der Waals surface area (Å²) in [5.41, 5.74) is 1.69. The summed E-state index contributed by atoms with van der Waals surface area (Å²) < 4.78 is 0. The van der Waals surface area contributed by atoms with Crippen molar-refractivity contribution in [2.45, 2.75) is 117 Å². The Morgan fingerprint density at radius 3 is 1.36 bits per heavy atom. The molecule has 2 aliphatic carbocycles. The summed E-state index contributed by atoms with van der Waals surface area (Å²) in [6, 6.07) is 0.732. The molecular weight excluding hydrogens is 318 g/mol. The molecule has 0 unspecified atom stereocenters. The minimum absolute atomic E-state index is 0.732. The lowest BCUT2D eigenvalue weighted by atomic mass is 9.92. The smallest absolute Gasteiger partial charge is 0.127 e. The number of nitrogens with one attached hydrogen (secondary N) is 1. The van der Waals surface area contributed by atoms with E-state index < -0.39 is 8.24 Å². The zero-order chi connectivity index (χ0) is 18.4. The molecular formula is C23H42NSi. The third kappa shape index (κ3) is 5.83. The van der Waals surface area contributed by atoms with E-state index in [2.05, 4.69) is 45.8 Å². The highest BCUT2D eigenvalue weighted by Gasteiger charge is 2.51. The first-order valence-electron chi connectivity index (χ1n) is 10.9. The van der Waals surface area contributed by atoms with Crippen molar-refractivity contribution < 1.29 is 0 Å². The molecule has 0 aromatic carbocycles. The van der Waals surface area contributed by atoms with Gasteiger partial charge in [0.15, 0.2) is 0 Å². The van der Waals surface area contributed by atoms with Crippen LogP contribution in [-0.4, -0.2) is 14.3 Å². The van der Waals surface area contributed by atoms with Gasteiger partial charge < -0.3 is 4.98 Å². The van der Waals surface area contributed by atoms with E-state index in [9.17, 15) is 0 Å². The fraction of sp³-hybridized carbons (Fsp3) is 0.783. The summed E-state index contributed by atoms with van der Waals surface area (Å²) in [6.45, 7) is 14.4. The van der Waals surface area contributed by atoms with Crippen molar-refractivity contribution in [3.05, 3.63) is 29.2 Å². The lowest BCUT2D eigenvalue weighted by Crippen LogP contribution is -2.56. The van der Waals surface area contributed by atoms with Crippen molar-refractivity contribution in [1.29, 1.82) is 0 Å². The van der Waals surface area contributed by atoms with Crippen LogP contribution >= 0.6 is 0 Å². The van der Waals surface area contributed by atoms with E-state index in [4.69, 9.17) is 0 Å². The fourth-order valence-electron chi connectivity index (χ4n) is 5.05. The van der Waals surface area contributed by atoms with Crippen LogP contribution in [0.5, 0.6) is 0 Å². The highest BCUT2D eigenvalue weighted by atomic mass is 28.3. The van der Waals surface area contributed by atoms with E-state index in [1.807, 2.05) is 0 Å². The van der Waals surface area contributed by atoms with Gasteiger partial charge in [-0.2, -0.15) is 0 Å². The van der Waals surface area contributed by atoms with Crippen LogP contribution in [0.3, 0.4) is 0 Å². The molecule has 2 aliphatic rings. The standard InChI is InChI=1S/C23H42NSi/c1-18-19(2)21(4)23(20(18)3)25(5,6)24-22-16-14-12-10-8-7-9-11-13-15-17-22/h22,24H,7-17H2,1-6H3. The predicted octanol–water partition coefficient (Wildman–Crippen LogP) is 6.96. The van der Waals surface area contributed by atoms with Crippen LogP contribution in [0.2, 0.25) is 13.1 Å². The number of rotatable bonds is 3. The summed E-state index contributed by atoms with van der Waals surface area (Å²) in [4.78, 5) is 4.22. The molecule has 0 aliphatic heterocycles. The Bertz CT molecular complexity index is 354. The van der Waals surface area contributed by atoms with E-state index in [1.165, 1.54) is 82.5 Å². The van der Waals surface area contributed by atoms with E-state index in [0.717, 1.165) is 6.04 Å². The Kier molecular flexibility index (Phi) is 8.52. The fourth-order valence-corrected chi connectivity index (χ4v) is 8.75. The average Bonchev–Trinajstić information content (AvgIpc) is 2.74. The predicted molar refractivity (Wildman–Crippen MR) is 114 cm³/mol. The molecule has 25 heavy (non-hydrogen) atoms. The normalized spacial score (nSPS) is 26.6. The van der Waals surface area contributed by atoms with Crippen LogP contribution < -0.4 is 4.98 Å². The van der Waals surface area contributed by atoms with E-state index >= 15 is 0 Å². The molecule has 1 nitrogen and oxygen atoms in total.